The fourth-order valence-corrected chi connectivity index (χ4v) is 0.522. The van der Waals surface area contributed by atoms with Crippen LogP contribution in [0.3, 0.4) is 0 Å². The molecule has 0 amide bonds. The minimum atomic E-state index is -0.995. The van der Waals surface area contributed by atoms with Crippen LogP contribution in [0.2, 0.25) is 0 Å². The molecule has 0 aromatic carbocycles. The van der Waals surface area contributed by atoms with Gasteiger partial charge in [-0.15, -0.1) is 0 Å². The van der Waals surface area contributed by atoms with Crippen LogP contribution >= 0.6 is 0 Å². The first-order valence-electron chi connectivity index (χ1n) is 3.07. The fraction of sp³-hybridized carbons (Fsp3) is 0.125. The average molecular weight is 153 g/mol. The molecule has 3 heteroatoms. The molecule has 3 N–H and O–H groups in total. The molecule has 0 radical (unpaired) electrons. The van der Waals surface area contributed by atoms with Crippen molar-refractivity contribution in [3.63, 3.8) is 0 Å². The van der Waals surface area contributed by atoms with Gasteiger partial charge in [-0.1, -0.05) is 12.7 Å². The van der Waals surface area contributed by atoms with Gasteiger partial charge in [0.1, 0.15) is 0 Å². The zero-order valence-corrected chi connectivity index (χ0v) is 6.37. The van der Waals surface area contributed by atoms with Crippen LogP contribution in [0.15, 0.2) is 36.1 Å². The molecule has 0 aliphatic carbocycles. The lowest BCUT2D eigenvalue weighted by Crippen LogP contribution is -1.95. The molecule has 0 aromatic rings. The Hall–Kier alpha value is -1.51. The van der Waals surface area contributed by atoms with Gasteiger partial charge in [0, 0.05) is 11.8 Å². The van der Waals surface area contributed by atoms with E-state index in [1.165, 1.54) is 12.2 Å². The predicted molar refractivity (Wildman–Crippen MR) is 43.9 cm³/mol. The molecule has 0 bridgehead atoms. The summed E-state index contributed by atoms with van der Waals surface area (Å²) in [7, 11) is 0. The Labute approximate surface area is 65.5 Å². The first-order chi connectivity index (χ1) is 5.07. The number of carboxylic acids is 1. The summed E-state index contributed by atoms with van der Waals surface area (Å²) in [6, 6.07) is 0. The van der Waals surface area contributed by atoms with E-state index in [2.05, 4.69) is 6.58 Å². The van der Waals surface area contributed by atoms with Crippen molar-refractivity contribution >= 4 is 5.97 Å². The number of carbonyl (C=O) groups is 1. The van der Waals surface area contributed by atoms with E-state index in [9.17, 15) is 4.79 Å². The van der Waals surface area contributed by atoms with E-state index in [0.29, 0.717) is 11.3 Å². The molecule has 0 spiro atoms. The average Bonchev–Trinajstić information content (AvgIpc) is 1.87. The van der Waals surface area contributed by atoms with Gasteiger partial charge in [0.05, 0.1) is 0 Å². The molecule has 11 heavy (non-hydrogen) atoms. The smallest absolute Gasteiger partial charge is 0.328 e. The van der Waals surface area contributed by atoms with Gasteiger partial charge in [0.15, 0.2) is 0 Å². The van der Waals surface area contributed by atoms with Gasteiger partial charge in [-0.3, -0.25) is 0 Å². The fourth-order valence-electron chi connectivity index (χ4n) is 0.522. The van der Waals surface area contributed by atoms with E-state index in [0.717, 1.165) is 6.08 Å². The van der Waals surface area contributed by atoms with Crippen LogP contribution in [-0.2, 0) is 4.79 Å². The molecule has 0 saturated heterocycles. The first-order valence-corrected chi connectivity index (χ1v) is 3.07. The highest BCUT2D eigenvalue weighted by atomic mass is 16.4. The third-order valence-corrected chi connectivity index (χ3v) is 1.08. The first kappa shape index (κ1) is 9.49. The molecule has 0 fully saturated rings. The summed E-state index contributed by atoms with van der Waals surface area (Å²) in [6.07, 6.45) is 3.94. The maximum absolute atomic E-state index is 10.1. The predicted octanol–water partition coefficient (Wildman–Crippen LogP) is 1.05. The third kappa shape index (κ3) is 3.97. The van der Waals surface area contributed by atoms with Crippen LogP contribution < -0.4 is 5.73 Å². The van der Waals surface area contributed by atoms with E-state index >= 15 is 0 Å². The standard InChI is InChI=1S/C8H11NO2/c1-3-7(6(2)9)4-5-8(10)11/h3-5H,1,9H2,2H3,(H,10,11)/b5-4+,7-6-. The summed E-state index contributed by atoms with van der Waals surface area (Å²) in [5.74, 6) is -0.995. The third-order valence-electron chi connectivity index (χ3n) is 1.08. The van der Waals surface area contributed by atoms with E-state index in [1.807, 2.05) is 0 Å². The highest BCUT2D eigenvalue weighted by Gasteiger charge is 1.90. The van der Waals surface area contributed by atoms with Crippen molar-refractivity contribution < 1.29 is 9.90 Å². The quantitative estimate of drug-likeness (QED) is 0.470. The van der Waals surface area contributed by atoms with Crippen molar-refractivity contribution in [2.24, 2.45) is 5.73 Å². The van der Waals surface area contributed by atoms with Crippen molar-refractivity contribution in [3.05, 3.63) is 36.1 Å². The van der Waals surface area contributed by atoms with Gasteiger partial charge < -0.3 is 10.8 Å². The topological polar surface area (TPSA) is 63.3 Å². The maximum atomic E-state index is 10.1. The Morgan fingerprint density at radius 2 is 2.09 bits per heavy atom. The Morgan fingerprint density at radius 3 is 2.36 bits per heavy atom. The molecule has 0 aliphatic rings. The Bertz CT molecular complexity index is 222. The van der Waals surface area contributed by atoms with Crippen molar-refractivity contribution in [3.8, 4) is 0 Å². The van der Waals surface area contributed by atoms with Gasteiger partial charge in [-0.05, 0) is 18.6 Å². The van der Waals surface area contributed by atoms with Crippen molar-refractivity contribution in [2.75, 3.05) is 0 Å². The minimum Gasteiger partial charge on any atom is -0.478 e. The van der Waals surface area contributed by atoms with Crippen LogP contribution in [0.4, 0.5) is 0 Å². The largest absolute Gasteiger partial charge is 0.478 e. The molecule has 0 heterocycles. The molecule has 0 aliphatic heterocycles. The van der Waals surface area contributed by atoms with Gasteiger partial charge >= 0.3 is 5.97 Å². The summed E-state index contributed by atoms with van der Waals surface area (Å²) in [5, 5.41) is 8.26. The second-order valence-electron chi connectivity index (χ2n) is 2.01. The number of hydrogen-bond donors (Lipinski definition) is 2. The molecule has 0 aromatic heterocycles. The molecular formula is C8H11NO2. The summed E-state index contributed by atoms with van der Waals surface area (Å²) in [6.45, 7) is 5.16. The number of aliphatic carboxylic acids is 1. The normalized spacial score (nSPS) is 12.8. The molecule has 60 valence electrons. The van der Waals surface area contributed by atoms with E-state index in [-0.39, 0.29) is 0 Å². The number of allylic oxidation sites excluding steroid dienone is 4. The van der Waals surface area contributed by atoms with Crippen molar-refractivity contribution in [2.45, 2.75) is 6.92 Å². The zero-order valence-electron chi connectivity index (χ0n) is 6.37. The second kappa shape index (κ2) is 4.33. The van der Waals surface area contributed by atoms with Gasteiger partial charge in [-0.25, -0.2) is 4.79 Å². The summed E-state index contributed by atoms with van der Waals surface area (Å²) in [5.41, 5.74) is 6.58. The van der Waals surface area contributed by atoms with Crippen LogP contribution in [0.25, 0.3) is 0 Å². The SMILES string of the molecule is C=CC(/C=C/C(=O)O)=C(\C)N. The van der Waals surface area contributed by atoms with Gasteiger partial charge in [0.25, 0.3) is 0 Å². The van der Waals surface area contributed by atoms with Crippen LogP contribution in [0, 0.1) is 0 Å². The van der Waals surface area contributed by atoms with Crippen LogP contribution in [0.5, 0.6) is 0 Å². The molecular weight excluding hydrogens is 142 g/mol. The van der Waals surface area contributed by atoms with Gasteiger partial charge in [0.2, 0.25) is 0 Å². The summed E-state index contributed by atoms with van der Waals surface area (Å²) < 4.78 is 0. The lowest BCUT2D eigenvalue weighted by molar-refractivity contribution is -0.131. The molecule has 3 nitrogen and oxygen atoms in total. The summed E-state index contributed by atoms with van der Waals surface area (Å²) >= 11 is 0. The highest BCUT2D eigenvalue weighted by Crippen LogP contribution is 2.00. The Morgan fingerprint density at radius 1 is 1.55 bits per heavy atom. The minimum absolute atomic E-state index is 0.553. The highest BCUT2D eigenvalue weighted by molar-refractivity contribution is 5.80. The van der Waals surface area contributed by atoms with Gasteiger partial charge in [-0.2, -0.15) is 0 Å². The molecule has 0 atom stereocenters. The Balaban J connectivity index is 4.46. The van der Waals surface area contributed by atoms with Crippen molar-refractivity contribution in [1.29, 1.82) is 0 Å². The van der Waals surface area contributed by atoms with E-state index < -0.39 is 5.97 Å². The molecule has 0 rings (SSSR count). The van der Waals surface area contributed by atoms with Crippen LogP contribution in [0.1, 0.15) is 6.92 Å². The number of rotatable bonds is 3. The lowest BCUT2D eigenvalue weighted by Gasteiger charge is -1.94. The maximum Gasteiger partial charge on any atom is 0.328 e. The van der Waals surface area contributed by atoms with Crippen molar-refractivity contribution in [1.82, 2.24) is 0 Å². The van der Waals surface area contributed by atoms with Crippen LogP contribution in [-0.4, -0.2) is 11.1 Å². The monoisotopic (exact) mass is 153 g/mol. The second-order valence-corrected chi connectivity index (χ2v) is 2.01. The molecule has 0 unspecified atom stereocenters. The van der Waals surface area contributed by atoms with E-state index in [4.69, 9.17) is 10.8 Å². The number of carboxylic acid groups (broad SMARTS) is 1. The van der Waals surface area contributed by atoms with E-state index in [1.54, 1.807) is 6.92 Å². The number of hydrogen-bond acceptors (Lipinski definition) is 2. The lowest BCUT2D eigenvalue weighted by atomic mass is 10.2. The summed E-state index contributed by atoms with van der Waals surface area (Å²) in [4.78, 5) is 10.1. The Kier molecular flexibility index (Phi) is 3.73. The molecule has 0 saturated carbocycles. The zero-order chi connectivity index (χ0) is 8.85. The number of nitrogens with two attached hydrogens (primary N) is 1.